The maximum absolute atomic E-state index is 14.0. The van der Waals surface area contributed by atoms with Crippen molar-refractivity contribution in [2.24, 2.45) is 0 Å². The van der Waals surface area contributed by atoms with Crippen molar-refractivity contribution in [1.82, 2.24) is 14.8 Å². The van der Waals surface area contributed by atoms with E-state index < -0.39 is 5.82 Å². The molecule has 0 unspecified atom stereocenters. The summed E-state index contributed by atoms with van der Waals surface area (Å²) in [5, 5.41) is 11.9. The Morgan fingerprint density at radius 2 is 1.87 bits per heavy atom. The maximum Gasteiger partial charge on any atom is 0.234 e. The van der Waals surface area contributed by atoms with E-state index in [-0.39, 0.29) is 17.3 Å². The van der Waals surface area contributed by atoms with Gasteiger partial charge in [-0.25, -0.2) is 4.39 Å². The second-order valence-electron chi connectivity index (χ2n) is 6.81. The first-order valence-electron chi connectivity index (χ1n) is 9.47. The normalized spacial score (nSPS) is 10.8. The van der Waals surface area contributed by atoms with E-state index in [2.05, 4.69) is 31.4 Å². The lowest BCUT2D eigenvalue weighted by molar-refractivity contribution is -0.113. The molecule has 4 aromatic rings. The van der Waals surface area contributed by atoms with E-state index in [1.807, 2.05) is 66.1 Å². The number of hydrogen-bond donors (Lipinski definition) is 1. The minimum Gasteiger partial charge on any atom is -0.323 e. The molecule has 1 heterocycles. The van der Waals surface area contributed by atoms with Gasteiger partial charge in [0.2, 0.25) is 5.91 Å². The first-order chi connectivity index (χ1) is 15.0. The summed E-state index contributed by atoms with van der Waals surface area (Å²) < 4.78 is 16.5. The molecule has 0 saturated heterocycles. The standard InChI is InChI=1S/C23H18BrFN4OS/c1-15-6-5-9-18(12-15)29-22(16-7-3-2-4-8-16)27-28-23(29)31-14-21(30)26-20-11-10-17(24)13-19(20)25/h2-13H,14H2,1H3,(H,26,30). The van der Waals surface area contributed by atoms with Crippen molar-refractivity contribution in [2.75, 3.05) is 11.1 Å². The monoisotopic (exact) mass is 496 g/mol. The van der Waals surface area contributed by atoms with Crippen LogP contribution in [-0.2, 0) is 4.79 Å². The van der Waals surface area contributed by atoms with E-state index in [1.54, 1.807) is 6.07 Å². The van der Waals surface area contributed by atoms with Crippen LogP contribution >= 0.6 is 27.7 Å². The number of aromatic nitrogens is 3. The Labute approximate surface area is 191 Å². The zero-order chi connectivity index (χ0) is 21.8. The van der Waals surface area contributed by atoms with E-state index in [4.69, 9.17) is 0 Å². The molecule has 0 aliphatic carbocycles. The summed E-state index contributed by atoms with van der Waals surface area (Å²) in [6.45, 7) is 2.02. The van der Waals surface area contributed by atoms with E-state index >= 15 is 0 Å². The second-order valence-corrected chi connectivity index (χ2v) is 8.67. The van der Waals surface area contributed by atoms with Crippen LogP contribution in [0.15, 0.2) is 82.4 Å². The van der Waals surface area contributed by atoms with E-state index in [1.165, 1.54) is 23.9 Å². The van der Waals surface area contributed by atoms with E-state index in [0.29, 0.717) is 15.5 Å². The number of hydrogen-bond acceptors (Lipinski definition) is 4. The number of anilines is 1. The van der Waals surface area contributed by atoms with Crippen LogP contribution in [0.2, 0.25) is 0 Å². The Morgan fingerprint density at radius 3 is 2.61 bits per heavy atom. The molecule has 5 nitrogen and oxygen atoms in total. The summed E-state index contributed by atoms with van der Waals surface area (Å²) in [5.41, 5.74) is 3.07. The molecule has 1 aromatic heterocycles. The minimum atomic E-state index is -0.498. The Balaban J connectivity index is 1.59. The molecule has 0 aliphatic heterocycles. The predicted octanol–water partition coefficient (Wildman–Crippen LogP) is 5.88. The molecule has 8 heteroatoms. The third-order valence-electron chi connectivity index (χ3n) is 4.46. The Morgan fingerprint density at radius 1 is 1.06 bits per heavy atom. The van der Waals surface area contributed by atoms with Gasteiger partial charge in [-0.3, -0.25) is 9.36 Å². The number of rotatable bonds is 6. The third-order valence-corrected chi connectivity index (χ3v) is 5.88. The van der Waals surface area contributed by atoms with Gasteiger partial charge in [-0.05, 0) is 42.8 Å². The summed E-state index contributed by atoms with van der Waals surface area (Å²) in [4.78, 5) is 12.4. The van der Waals surface area contributed by atoms with Gasteiger partial charge in [0, 0.05) is 15.7 Å². The molecule has 3 aromatic carbocycles. The maximum atomic E-state index is 14.0. The fraction of sp³-hybridized carbons (Fsp3) is 0.0870. The van der Waals surface area contributed by atoms with E-state index in [9.17, 15) is 9.18 Å². The van der Waals surface area contributed by atoms with Crippen molar-refractivity contribution < 1.29 is 9.18 Å². The number of halogens is 2. The molecular formula is C23H18BrFN4OS. The molecule has 4 rings (SSSR count). The summed E-state index contributed by atoms with van der Waals surface area (Å²) in [6, 6.07) is 22.3. The molecule has 0 spiro atoms. The van der Waals surface area contributed by atoms with Crippen LogP contribution in [0.4, 0.5) is 10.1 Å². The minimum absolute atomic E-state index is 0.0637. The number of nitrogens with zero attached hydrogens (tertiary/aromatic N) is 3. The largest absolute Gasteiger partial charge is 0.323 e. The molecule has 1 amide bonds. The van der Waals surface area contributed by atoms with Gasteiger partial charge < -0.3 is 5.32 Å². The van der Waals surface area contributed by atoms with Gasteiger partial charge >= 0.3 is 0 Å². The fourth-order valence-electron chi connectivity index (χ4n) is 3.04. The van der Waals surface area contributed by atoms with Crippen LogP contribution in [0.1, 0.15) is 5.56 Å². The zero-order valence-corrected chi connectivity index (χ0v) is 19.0. The van der Waals surface area contributed by atoms with Crippen molar-refractivity contribution in [3.8, 4) is 17.1 Å². The number of amides is 1. The number of carbonyl (C=O) groups is 1. The summed E-state index contributed by atoms with van der Waals surface area (Å²) >= 11 is 4.45. The first kappa shape index (κ1) is 21.3. The molecular weight excluding hydrogens is 479 g/mol. The predicted molar refractivity (Wildman–Crippen MR) is 125 cm³/mol. The summed E-state index contributed by atoms with van der Waals surface area (Å²) in [6.07, 6.45) is 0. The third kappa shape index (κ3) is 5.03. The second kappa shape index (κ2) is 9.45. The van der Waals surface area contributed by atoms with Crippen LogP contribution < -0.4 is 5.32 Å². The van der Waals surface area contributed by atoms with Gasteiger partial charge in [-0.15, -0.1) is 10.2 Å². The number of nitrogens with one attached hydrogen (secondary N) is 1. The van der Waals surface area contributed by atoms with Crippen LogP contribution in [-0.4, -0.2) is 26.4 Å². The van der Waals surface area contributed by atoms with Gasteiger partial charge in [0.05, 0.1) is 11.4 Å². The SMILES string of the molecule is Cc1cccc(-n2c(SCC(=O)Nc3ccc(Br)cc3F)nnc2-c2ccccc2)c1. The Bertz CT molecular complexity index is 1230. The highest BCUT2D eigenvalue weighted by molar-refractivity contribution is 9.10. The van der Waals surface area contributed by atoms with E-state index in [0.717, 1.165) is 16.8 Å². The molecule has 0 fully saturated rings. The van der Waals surface area contributed by atoms with Crippen molar-refractivity contribution in [3.63, 3.8) is 0 Å². The van der Waals surface area contributed by atoms with Crippen LogP contribution in [0.25, 0.3) is 17.1 Å². The fourth-order valence-corrected chi connectivity index (χ4v) is 4.13. The van der Waals surface area contributed by atoms with Gasteiger partial charge in [-0.2, -0.15) is 0 Å². The first-order valence-corrected chi connectivity index (χ1v) is 11.2. The number of carbonyl (C=O) groups excluding carboxylic acids is 1. The molecule has 0 bridgehead atoms. The van der Waals surface area contributed by atoms with Gasteiger partial charge in [0.25, 0.3) is 0 Å². The number of thioether (sulfide) groups is 1. The Kier molecular flexibility index (Phi) is 6.48. The average molecular weight is 497 g/mol. The molecule has 0 radical (unpaired) electrons. The Hall–Kier alpha value is -2.97. The van der Waals surface area contributed by atoms with Crippen LogP contribution in [0.5, 0.6) is 0 Å². The smallest absolute Gasteiger partial charge is 0.234 e. The summed E-state index contributed by atoms with van der Waals surface area (Å²) in [7, 11) is 0. The summed E-state index contributed by atoms with van der Waals surface area (Å²) in [5.74, 6) is -0.0739. The molecule has 0 saturated carbocycles. The van der Waals surface area contributed by atoms with Crippen molar-refractivity contribution in [3.05, 3.63) is 88.6 Å². The van der Waals surface area contributed by atoms with Crippen LogP contribution in [0, 0.1) is 12.7 Å². The average Bonchev–Trinajstić information content (AvgIpc) is 3.19. The lowest BCUT2D eigenvalue weighted by Crippen LogP contribution is -2.15. The van der Waals surface area contributed by atoms with Gasteiger partial charge in [0.15, 0.2) is 11.0 Å². The highest BCUT2D eigenvalue weighted by Crippen LogP contribution is 2.28. The highest BCUT2D eigenvalue weighted by atomic mass is 79.9. The molecule has 0 aliphatic rings. The van der Waals surface area contributed by atoms with Crippen molar-refractivity contribution in [2.45, 2.75) is 12.1 Å². The van der Waals surface area contributed by atoms with Crippen molar-refractivity contribution in [1.29, 1.82) is 0 Å². The van der Waals surface area contributed by atoms with Crippen LogP contribution in [0.3, 0.4) is 0 Å². The highest BCUT2D eigenvalue weighted by Gasteiger charge is 2.18. The van der Waals surface area contributed by atoms with Gasteiger partial charge in [0.1, 0.15) is 5.82 Å². The topological polar surface area (TPSA) is 59.8 Å². The number of aryl methyl sites for hydroxylation is 1. The lowest BCUT2D eigenvalue weighted by atomic mass is 10.2. The lowest BCUT2D eigenvalue weighted by Gasteiger charge is -2.11. The zero-order valence-electron chi connectivity index (χ0n) is 16.5. The molecule has 156 valence electrons. The molecule has 0 atom stereocenters. The molecule has 1 N–H and O–H groups in total. The van der Waals surface area contributed by atoms with Gasteiger partial charge in [-0.1, -0.05) is 70.2 Å². The quantitative estimate of drug-likeness (QED) is 0.339. The van der Waals surface area contributed by atoms with Crippen molar-refractivity contribution >= 4 is 39.3 Å². The molecule has 31 heavy (non-hydrogen) atoms. The number of benzene rings is 3.